The van der Waals surface area contributed by atoms with Gasteiger partial charge in [0.15, 0.2) is 0 Å². The van der Waals surface area contributed by atoms with Crippen LogP contribution < -0.4 is 5.73 Å². The second-order valence-corrected chi connectivity index (χ2v) is 3.87. The van der Waals surface area contributed by atoms with E-state index in [0.717, 1.165) is 6.54 Å². The van der Waals surface area contributed by atoms with Crippen LogP contribution in [0.5, 0.6) is 0 Å². The van der Waals surface area contributed by atoms with Crippen molar-refractivity contribution in [2.75, 3.05) is 19.7 Å². The number of nitrogens with zero attached hydrogens (tertiary/aromatic N) is 1. The highest BCUT2D eigenvalue weighted by atomic mass is 16.3. The SMILES string of the molecule is CCC1CCCCN1C(CN)CO. The first-order valence-electron chi connectivity index (χ1n) is 5.40. The van der Waals surface area contributed by atoms with Crippen LogP contribution in [0, 0.1) is 0 Å². The Morgan fingerprint density at radius 1 is 1.54 bits per heavy atom. The van der Waals surface area contributed by atoms with Gasteiger partial charge in [0.1, 0.15) is 0 Å². The van der Waals surface area contributed by atoms with Crippen molar-refractivity contribution in [3.05, 3.63) is 0 Å². The molecule has 2 atom stereocenters. The highest BCUT2D eigenvalue weighted by Gasteiger charge is 2.26. The summed E-state index contributed by atoms with van der Waals surface area (Å²) in [4.78, 5) is 2.39. The van der Waals surface area contributed by atoms with Crippen LogP contribution in [0.3, 0.4) is 0 Å². The Labute approximate surface area is 80.9 Å². The largest absolute Gasteiger partial charge is 0.395 e. The number of nitrogens with two attached hydrogens (primary N) is 1. The average Bonchev–Trinajstić information content (AvgIpc) is 2.20. The molecule has 0 saturated carbocycles. The van der Waals surface area contributed by atoms with Crippen LogP contribution in [0.15, 0.2) is 0 Å². The molecule has 1 aliphatic rings. The van der Waals surface area contributed by atoms with Crippen LogP contribution in [0.25, 0.3) is 0 Å². The highest BCUT2D eigenvalue weighted by molar-refractivity contribution is 4.82. The summed E-state index contributed by atoms with van der Waals surface area (Å²) in [6.45, 7) is 4.11. The topological polar surface area (TPSA) is 49.5 Å². The fraction of sp³-hybridized carbons (Fsp3) is 1.00. The van der Waals surface area contributed by atoms with Gasteiger partial charge in [-0.2, -0.15) is 0 Å². The van der Waals surface area contributed by atoms with Crippen LogP contribution in [0.4, 0.5) is 0 Å². The number of hydrogen-bond acceptors (Lipinski definition) is 3. The number of piperidine rings is 1. The van der Waals surface area contributed by atoms with E-state index >= 15 is 0 Å². The fourth-order valence-corrected chi connectivity index (χ4v) is 2.26. The second kappa shape index (κ2) is 5.58. The third-order valence-corrected chi connectivity index (χ3v) is 3.10. The number of likely N-dealkylation sites (tertiary alicyclic amines) is 1. The minimum atomic E-state index is 0.185. The Hall–Kier alpha value is -0.120. The van der Waals surface area contributed by atoms with Crippen LogP contribution in [-0.4, -0.2) is 41.8 Å². The molecule has 1 rings (SSSR count). The number of aliphatic hydroxyl groups excluding tert-OH is 1. The van der Waals surface area contributed by atoms with E-state index in [4.69, 9.17) is 10.8 Å². The fourth-order valence-electron chi connectivity index (χ4n) is 2.26. The summed E-state index contributed by atoms with van der Waals surface area (Å²) in [7, 11) is 0. The third-order valence-electron chi connectivity index (χ3n) is 3.10. The van der Waals surface area contributed by atoms with Gasteiger partial charge in [0, 0.05) is 18.6 Å². The van der Waals surface area contributed by atoms with E-state index in [0.29, 0.717) is 12.6 Å². The van der Waals surface area contributed by atoms with Gasteiger partial charge in [-0.25, -0.2) is 0 Å². The summed E-state index contributed by atoms with van der Waals surface area (Å²) < 4.78 is 0. The molecule has 3 heteroatoms. The normalized spacial score (nSPS) is 27.5. The predicted molar refractivity (Wildman–Crippen MR) is 54.6 cm³/mol. The van der Waals surface area contributed by atoms with Crippen LogP contribution in [0.1, 0.15) is 32.6 Å². The van der Waals surface area contributed by atoms with Gasteiger partial charge < -0.3 is 10.8 Å². The summed E-state index contributed by atoms with van der Waals surface area (Å²) in [5, 5.41) is 9.17. The van der Waals surface area contributed by atoms with E-state index in [9.17, 15) is 0 Å². The summed E-state index contributed by atoms with van der Waals surface area (Å²) in [6, 6.07) is 0.833. The van der Waals surface area contributed by atoms with Crippen molar-refractivity contribution >= 4 is 0 Å². The minimum absolute atomic E-state index is 0.185. The summed E-state index contributed by atoms with van der Waals surface area (Å²) in [5.74, 6) is 0. The molecule has 0 spiro atoms. The van der Waals surface area contributed by atoms with Crippen molar-refractivity contribution < 1.29 is 5.11 Å². The van der Waals surface area contributed by atoms with Gasteiger partial charge in [-0.1, -0.05) is 13.3 Å². The van der Waals surface area contributed by atoms with Crippen LogP contribution in [0.2, 0.25) is 0 Å². The number of hydrogen-bond donors (Lipinski definition) is 2. The molecule has 0 bridgehead atoms. The number of rotatable bonds is 4. The Morgan fingerprint density at radius 3 is 2.85 bits per heavy atom. The zero-order valence-electron chi connectivity index (χ0n) is 8.58. The quantitative estimate of drug-likeness (QED) is 0.675. The summed E-state index contributed by atoms with van der Waals surface area (Å²) in [5.41, 5.74) is 5.63. The highest BCUT2D eigenvalue weighted by Crippen LogP contribution is 2.21. The lowest BCUT2D eigenvalue weighted by Gasteiger charge is -2.39. The zero-order valence-corrected chi connectivity index (χ0v) is 8.58. The minimum Gasteiger partial charge on any atom is -0.395 e. The molecule has 1 aliphatic heterocycles. The van der Waals surface area contributed by atoms with Crippen LogP contribution >= 0.6 is 0 Å². The zero-order chi connectivity index (χ0) is 9.68. The molecule has 0 aromatic rings. The lowest BCUT2D eigenvalue weighted by Crippen LogP contribution is -2.50. The molecule has 1 fully saturated rings. The third kappa shape index (κ3) is 2.66. The Kier molecular flexibility index (Phi) is 4.70. The second-order valence-electron chi connectivity index (χ2n) is 3.87. The van der Waals surface area contributed by atoms with Crippen LogP contribution in [-0.2, 0) is 0 Å². The molecule has 0 amide bonds. The van der Waals surface area contributed by atoms with Crippen molar-refractivity contribution in [1.82, 2.24) is 4.90 Å². The van der Waals surface area contributed by atoms with E-state index in [1.54, 1.807) is 0 Å². The Balaban J connectivity index is 2.51. The maximum atomic E-state index is 9.17. The van der Waals surface area contributed by atoms with E-state index in [2.05, 4.69) is 11.8 Å². The predicted octanol–water partition coefficient (Wildman–Crippen LogP) is 0.571. The molecule has 0 aromatic carbocycles. The molecule has 3 N–H and O–H groups in total. The van der Waals surface area contributed by atoms with Gasteiger partial charge >= 0.3 is 0 Å². The molecule has 0 radical (unpaired) electrons. The van der Waals surface area contributed by atoms with Gasteiger partial charge in [0.25, 0.3) is 0 Å². The van der Waals surface area contributed by atoms with Crippen molar-refractivity contribution in [3.63, 3.8) is 0 Å². The Bertz CT molecular complexity index is 129. The van der Waals surface area contributed by atoms with Gasteiger partial charge in [0.05, 0.1) is 6.61 Å². The van der Waals surface area contributed by atoms with E-state index < -0.39 is 0 Å². The molecule has 0 aromatic heterocycles. The molecule has 13 heavy (non-hydrogen) atoms. The Morgan fingerprint density at radius 2 is 2.31 bits per heavy atom. The van der Waals surface area contributed by atoms with Gasteiger partial charge in [-0.15, -0.1) is 0 Å². The molecular formula is C10H22N2O. The van der Waals surface area contributed by atoms with Gasteiger partial charge in [0.2, 0.25) is 0 Å². The molecule has 78 valence electrons. The van der Waals surface area contributed by atoms with E-state index in [1.807, 2.05) is 0 Å². The van der Waals surface area contributed by atoms with Gasteiger partial charge in [-0.05, 0) is 25.8 Å². The molecule has 3 nitrogen and oxygen atoms in total. The van der Waals surface area contributed by atoms with E-state index in [-0.39, 0.29) is 12.6 Å². The van der Waals surface area contributed by atoms with Crippen molar-refractivity contribution in [1.29, 1.82) is 0 Å². The molecule has 1 heterocycles. The molecule has 1 saturated heterocycles. The first-order valence-corrected chi connectivity index (χ1v) is 5.40. The maximum absolute atomic E-state index is 9.17. The van der Waals surface area contributed by atoms with Crippen molar-refractivity contribution in [2.45, 2.75) is 44.7 Å². The monoisotopic (exact) mass is 186 g/mol. The molecule has 0 aliphatic carbocycles. The van der Waals surface area contributed by atoms with Gasteiger partial charge in [-0.3, -0.25) is 4.90 Å². The van der Waals surface area contributed by atoms with E-state index in [1.165, 1.54) is 25.7 Å². The molecular weight excluding hydrogens is 164 g/mol. The summed E-state index contributed by atoms with van der Waals surface area (Å²) in [6.07, 6.45) is 5.04. The average molecular weight is 186 g/mol. The lowest BCUT2D eigenvalue weighted by atomic mass is 9.98. The first-order chi connectivity index (χ1) is 6.33. The number of aliphatic hydroxyl groups is 1. The first kappa shape index (κ1) is 11.0. The smallest absolute Gasteiger partial charge is 0.0599 e. The maximum Gasteiger partial charge on any atom is 0.0599 e. The lowest BCUT2D eigenvalue weighted by molar-refractivity contribution is 0.0594. The standard InChI is InChI=1S/C10H22N2O/c1-2-9-5-3-4-6-12(9)10(7-11)8-13/h9-10,13H,2-8,11H2,1H3. The summed E-state index contributed by atoms with van der Waals surface area (Å²) >= 11 is 0. The van der Waals surface area contributed by atoms with Crippen molar-refractivity contribution in [2.24, 2.45) is 5.73 Å². The van der Waals surface area contributed by atoms with Crippen molar-refractivity contribution in [3.8, 4) is 0 Å². The molecule has 2 unspecified atom stereocenters.